The summed E-state index contributed by atoms with van der Waals surface area (Å²) in [6.07, 6.45) is 0.878. The number of methoxy groups -OCH3 is 1. The molecule has 0 spiro atoms. The number of ether oxygens (including phenoxy) is 2. The number of nitrogens with zero attached hydrogens (tertiary/aromatic N) is 4. The monoisotopic (exact) mass is 538 g/mol. The highest BCUT2D eigenvalue weighted by Gasteiger charge is 2.25. The van der Waals surface area contributed by atoms with Crippen molar-refractivity contribution in [3.8, 4) is 28.4 Å². The zero-order valence-electron chi connectivity index (χ0n) is 23.3. The van der Waals surface area contributed by atoms with Crippen LogP contribution in [0.5, 0.6) is 5.75 Å². The number of nitrogens with one attached hydrogen (secondary N) is 2. The lowest BCUT2D eigenvalue weighted by Crippen LogP contribution is -2.39. The maximum atomic E-state index is 11.8. The van der Waals surface area contributed by atoms with E-state index in [1.165, 1.54) is 7.11 Å². The highest BCUT2D eigenvalue weighted by Crippen LogP contribution is 2.34. The molecule has 1 atom stereocenters. The molecule has 0 bridgehead atoms. The van der Waals surface area contributed by atoms with Crippen molar-refractivity contribution in [3.63, 3.8) is 0 Å². The molecule has 0 aliphatic carbocycles. The van der Waals surface area contributed by atoms with Crippen LogP contribution >= 0.6 is 0 Å². The summed E-state index contributed by atoms with van der Waals surface area (Å²) in [5, 5.41) is 20.6. The van der Waals surface area contributed by atoms with Gasteiger partial charge in [-0.3, -0.25) is 0 Å². The zero-order chi connectivity index (χ0) is 27.9. The number of aliphatic hydroxyl groups excluding tert-OH is 1. The molecule has 0 saturated carbocycles. The molecule has 0 radical (unpaired) electrons. The molecule has 39 heavy (non-hydrogen) atoms. The molecule has 1 amide bonds. The van der Waals surface area contributed by atoms with Gasteiger partial charge in [-0.2, -0.15) is 0 Å². The number of piperidine rings is 1. The quantitative estimate of drug-likeness (QED) is 0.352. The van der Waals surface area contributed by atoms with Gasteiger partial charge in [0.2, 0.25) is 0 Å². The second kappa shape index (κ2) is 12.9. The Balaban J connectivity index is 1.60. The molecular formula is C28H38N6O5. The second-order valence-corrected chi connectivity index (χ2v) is 9.90. The Morgan fingerprint density at radius 1 is 1.23 bits per heavy atom. The zero-order valence-corrected chi connectivity index (χ0v) is 23.3. The molecule has 3 aromatic rings. The maximum Gasteiger partial charge on any atom is 0.409 e. The van der Waals surface area contributed by atoms with Gasteiger partial charge in [0.25, 0.3) is 0 Å². The SMILES string of the molecule is CNCC(O)COc1cccc(-c2nc(NCC3CCN(C(=O)OC)CC3)c(C)c(-c3c(C)noc3C)n2)c1. The van der Waals surface area contributed by atoms with Crippen molar-refractivity contribution in [2.45, 2.75) is 39.7 Å². The molecule has 2 aromatic heterocycles. The predicted molar refractivity (Wildman–Crippen MR) is 148 cm³/mol. The van der Waals surface area contributed by atoms with Crippen LogP contribution in [0.1, 0.15) is 29.9 Å². The molecule has 3 heterocycles. The summed E-state index contributed by atoms with van der Waals surface area (Å²) >= 11 is 0. The number of carbonyl (C=O) groups is 1. The standard InChI is InChI=1S/C28H38N6O5/c1-17-25(24-18(2)33-39-19(24)3)31-27(21-7-6-8-23(13-21)38-16-22(35)15-29-4)32-26(17)30-14-20-9-11-34(12-10-20)28(36)37-5/h6-8,13,20,22,29,35H,9-12,14-16H2,1-5H3,(H,30,31,32). The summed E-state index contributed by atoms with van der Waals surface area (Å²) in [5.74, 6) is 2.99. The van der Waals surface area contributed by atoms with Gasteiger partial charge in [0.05, 0.1) is 24.1 Å². The number of aromatic nitrogens is 3. The Morgan fingerprint density at radius 2 is 2.00 bits per heavy atom. The van der Waals surface area contributed by atoms with Gasteiger partial charge in [0.1, 0.15) is 30.0 Å². The summed E-state index contributed by atoms with van der Waals surface area (Å²) in [6, 6.07) is 7.54. The van der Waals surface area contributed by atoms with E-state index in [0.717, 1.165) is 53.3 Å². The molecule has 11 nitrogen and oxygen atoms in total. The van der Waals surface area contributed by atoms with Crippen LogP contribution in [0.2, 0.25) is 0 Å². The van der Waals surface area contributed by atoms with Crippen molar-refractivity contribution in [1.29, 1.82) is 0 Å². The van der Waals surface area contributed by atoms with Crippen LogP contribution in [0, 0.1) is 26.7 Å². The number of anilines is 1. The van der Waals surface area contributed by atoms with Crippen LogP contribution in [0.4, 0.5) is 10.6 Å². The molecule has 11 heteroatoms. The second-order valence-electron chi connectivity index (χ2n) is 9.90. The smallest absolute Gasteiger partial charge is 0.409 e. The van der Waals surface area contributed by atoms with Crippen LogP contribution in [0.3, 0.4) is 0 Å². The summed E-state index contributed by atoms with van der Waals surface area (Å²) in [6.45, 7) is 8.46. The molecule has 1 aliphatic heterocycles. The highest BCUT2D eigenvalue weighted by molar-refractivity contribution is 5.74. The van der Waals surface area contributed by atoms with Crippen LogP contribution in [0.25, 0.3) is 22.6 Å². The first-order chi connectivity index (χ1) is 18.8. The van der Waals surface area contributed by atoms with Crippen molar-refractivity contribution in [1.82, 2.24) is 25.3 Å². The Kier molecular flexibility index (Phi) is 9.36. The number of amides is 1. The van der Waals surface area contributed by atoms with E-state index in [-0.39, 0.29) is 12.7 Å². The lowest BCUT2D eigenvalue weighted by atomic mass is 9.97. The van der Waals surface area contributed by atoms with Gasteiger partial charge in [-0.15, -0.1) is 0 Å². The van der Waals surface area contributed by atoms with E-state index >= 15 is 0 Å². The fourth-order valence-corrected chi connectivity index (χ4v) is 4.78. The number of carbonyl (C=O) groups excluding carboxylic acids is 1. The first-order valence-corrected chi connectivity index (χ1v) is 13.2. The molecule has 4 rings (SSSR count). The Bertz CT molecular complexity index is 1250. The molecule has 1 fully saturated rings. The third-order valence-corrected chi connectivity index (χ3v) is 7.00. The van der Waals surface area contributed by atoms with E-state index in [0.29, 0.717) is 42.9 Å². The van der Waals surface area contributed by atoms with Crippen molar-refractivity contribution in [2.75, 3.05) is 52.3 Å². The Hall–Kier alpha value is -3.70. The summed E-state index contributed by atoms with van der Waals surface area (Å²) in [5.41, 5.74) is 4.07. The number of aryl methyl sites for hydroxylation is 2. The number of aliphatic hydroxyl groups is 1. The fourth-order valence-electron chi connectivity index (χ4n) is 4.78. The molecule has 1 unspecified atom stereocenters. The summed E-state index contributed by atoms with van der Waals surface area (Å²) < 4.78 is 16.1. The van der Waals surface area contributed by atoms with Gasteiger partial charge < -0.3 is 34.6 Å². The van der Waals surface area contributed by atoms with Gasteiger partial charge in [-0.1, -0.05) is 17.3 Å². The predicted octanol–water partition coefficient (Wildman–Crippen LogP) is 3.57. The molecule has 1 aliphatic rings. The lowest BCUT2D eigenvalue weighted by Gasteiger charge is -2.31. The number of benzene rings is 1. The topological polar surface area (TPSA) is 135 Å². The van der Waals surface area contributed by atoms with Crippen LogP contribution in [0.15, 0.2) is 28.8 Å². The highest BCUT2D eigenvalue weighted by atomic mass is 16.5. The van der Waals surface area contributed by atoms with Crippen LogP contribution in [-0.4, -0.2) is 84.3 Å². The van der Waals surface area contributed by atoms with Crippen molar-refractivity contribution in [3.05, 3.63) is 41.3 Å². The van der Waals surface area contributed by atoms with E-state index in [1.54, 1.807) is 11.9 Å². The Morgan fingerprint density at radius 3 is 2.67 bits per heavy atom. The van der Waals surface area contributed by atoms with Crippen molar-refractivity contribution >= 4 is 11.9 Å². The minimum absolute atomic E-state index is 0.172. The first kappa shape index (κ1) is 28.3. The van der Waals surface area contributed by atoms with E-state index < -0.39 is 6.10 Å². The minimum Gasteiger partial charge on any atom is -0.491 e. The third kappa shape index (κ3) is 6.85. The number of likely N-dealkylation sites (tertiary alicyclic amines) is 1. The maximum absolute atomic E-state index is 11.8. The van der Waals surface area contributed by atoms with Crippen LogP contribution < -0.4 is 15.4 Å². The molecule has 3 N–H and O–H groups in total. The fraction of sp³-hybridized carbons (Fsp3) is 0.500. The Labute approximate surface area is 228 Å². The van der Waals surface area contributed by atoms with Gasteiger partial charge in [-0.25, -0.2) is 14.8 Å². The molecular weight excluding hydrogens is 500 g/mol. The number of hydrogen-bond donors (Lipinski definition) is 3. The largest absolute Gasteiger partial charge is 0.491 e. The normalized spacial score (nSPS) is 14.8. The van der Waals surface area contributed by atoms with Crippen molar-refractivity contribution < 1.29 is 23.9 Å². The van der Waals surface area contributed by atoms with E-state index in [2.05, 4.69) is 15.8 Å². The summed E-state index contributed by atoms with van der Waals surface area (Å²) in [4.78, 5) is 23.4. The average Bonchev–Trinajstić information content (AvgIpc) is 3.28. The van der Waals surface area contributed by atoms with E-state index in [1.807, 2.05) is 45.0 Å². The lowest BCUT2D eigenvalue weighted by molar-refractivity contribution is 0.107. The number of rotatable bonds is 10. The molecule has 1 saturated heterocycles. The van der Waals surface area contributed by atoms with Gasteiger partial charge in [0, 0.05) is 37.3 Å². The third-order valence-electron chi connectivity index (χ3n) is 7.00. The molecule has 1 aromatic carbocycles. The number of likely N-dealkylation sites (N-methyl/N-ethyl adjacent to an activating group) is 1. The van der Waals surface area contributed by atoms with Gasteiger partial charge >= 0.3 is 6.09 Å². The minimum atomic E-state index is -0.615. The summed E-state index contributed by atoms with van der Waals surface area (Å²) in [7, 11) is 3.20. The van der Waals surface area contributed by atoms with Crippen LogP contribution in [-0.2, 0) is 4.74 Å². The van der Waals surface area contributed by atoms with Gasteiger partial charge in [0.15, 0.2) is 5.82 Å². The molecule has 210 valence electrons. The van der Waals surface area contributed by atoms with Crippen molar-refractivity contribution in [2.24, 2.45) is 5.92 Å². The van der Waals surface area contributed by atoms with Gasteiger partial charge in [-0.05, 0) is 58.7 Å². The average molecular weight is 539 g/mol. The number of hydrogen-bond acceptors (Lipinski definition) is 10. The first-order valence-electron chi connectivity index (χ1n) is 13.2. The van der Waals surface area contributed by atoms with E-state index in [4.69, 9.17) is 24.0 Å². The van der Waals surface area contributed by atoms with E-state index in [9.17, 15) is 9.90 Å².